The van der Waals surface area contributed by atoms with E-state index in [9.17, 15) is 14.0 Å². The Hall–Kier alpha value is -2.11. The van der Waals surface area contributed by atoms with Crippen LogP contribution in [0.4, 0.5) is 14.9 Å². The van der Waals surface area contributed by atoms with E-state index in [2.05, 4.69) is 24.5 Å². The molecule has 1 aromatic carbocycles. The van der Waals surface area contributed by atoms with Crippen molar-refractivity contribution < 1.29 is 18.7 Å². The molecule has 7 atom stereocenters. The van der Waals surface area contributed by atoms with Crippen LogP contribution in [-0.4, -0.2) is 24.1 Å². The molecular formula is C22H29FN2O3. The van der Waals surface area contributed by atoms with E-state index in [4.69, 9.17) is 4.74 Å². The van der Waals surface area contributed by atoms with Gasteiger partial charge in [-0.15, -0.1) is 0 Å². The highest BCUT2D eigenvalue weighted by Gasteiger charge is 2.58. The third kappa shape index (κ3) is 3.27. The standard InChI is InChI=1S/C22H29FN2O3/c1-12-16-7-9-22(3)10-8-17(13(2)18(22)19(16)28-20(12)26)25-21(27)24-15-6-4-5-14(23)11-15/h4-6,11-13,16-19H,7-10H2,1-3H3,(H2,24,25,27). The number of fused-ring (bicyclic) bond motifs is 3. The maximum atomic E-state index is 13.3. The second-order valence-electron chi connectivity index (χ2n) is 9.19. The molecule has 28 heavy (non-hydrogen) atoms. The van der Waals surface area contributed by atoms with Crippen molar-refractivity contribution in [3.63, 3.8) is 0 Å². The minimum absolute atomic E-state index is 0.00000709. The fourth-order valence-corrected chi connectivity index (χ4v) is 5.93. The number of anilines is 1. The number of urea groups is 1. The number of benzene rings is 1. The molecule has 152 valence electrons. The van der Waals surface area contributed by atoms with E-state index in [1.165, 1.54) is 12.1 Å². The van der Waals surface area contributed by atoms with Gasteiger partial charge in [-0.05, 0) is 55.2 Å². The number of rotatable bonds is 2. The van der Waals surface area contributed by atoms with Crippen LogP contribution in [0.15, 0.2) is 24.3 Å². The highest BCUT2D eigenvalue weighted by Crippen LogP contribution is 2.57. The van der Waals surface area contributed by atoms with Crippen molar-refractivity contribution in [2.75, 3.05) is 5.32 Å². The third-order valence-corrected chi connectivity index (χ3v) is 7.52. The lowest BCUT2D eigenvalue weighted by Gasteiger charge is -2.54. The maximum absolute atomic E-state index is 13.3. The molecule has 7 unspecified atom stereocenters. The molecule has 0 aromatic heterocycles. The van der Waals surface area contributed by atoms with Crippen LogP contribution >= 0.6 is 0 Å². The van der Waals surface area contributed by atoms with E-state index in [1.54, 1.807) is 12.1 Å². The van der Waals surface area contributed by atoms with E-state index < -0.39 is 0 Å². The fraction of sp³-hybridized carbons (Fsp3) is 0.636. The van der Waals surface area contributed by atoms with Crippen molar-refractivity contribution in [1.82, 2.24) is 5.32 Å². The molecule has 0 radical (unpaired) electrons. The molecule has 1 saturated heterocycles. The van der Waals surface area contributed by atoms with Crippen LogP contribution in [-0.2, 0) is 9.53 Å². The summed E-state index contributed by atoms with van der Waals surface area (Å²) in [6, 6.07) is 5.55. The first-order valence-corrected chi connectivity index (χ1v) is 10.3. The largest absolute Gasteiger partial charge is 0.462 e. The second kappa shape index (κ2) is 7.05. The zero-order chi connectivity index (χ0) is 20.1. The Morgan fingerprint density at radius 3 is 2.75 bits per heavy atom. The van der Waals surface area contributed by atoms with Gasteiger partial charge in [0.15, 0.2) is 0 Å². The molecule has 0 bridgehead atoms. The van der Waals surface area contributed by atoms with Gasteiger partial charge in [0.2, 0.25) is 0 Å². The Bertz CT molecular complexity index is 785. The summed E-state index contributed by atoms with van der Waals surface area (Å²) in [5.41, 5.74) is 0.573. The topological polar surface area (TPSA) is 67.4 Å². The number of amides is 2. The van der Waals surface area contributed by atoms with Crippen LogP contribution in [0.1, 0.15) is 46.5 Å². The number of hydrogen-bond donors (Lipinski definition) is 2. The molecular weight excluding hydrogens is 359 g/mol. The number of nitrogens with one attached hydrogen (secondary N) is 2. The monoisotopic (exact) mass is 388 g/mol. The molecule has 1 heterocycles. The SMILES string of the molecule is CC1C(=O)OC2C1CCC1(C)CCC(NC(=O)Nc3cccc(F)c3)C(C)C21. The average Bonchev–Trinajstić information content (AvgIpc) is 2.91. The molecule has 0 spiro atoms. The third-order valence-electron chi connectivity index (χ3n) is 7.52. The maximum Gasteiger partial charge on any atom is 0.319 e. The van der Waals surface area contributed by atoms with Crippen LogP contribution in [0.25, 0.3) is 0 Å². The number of esters is 1. The molecule has 4 rings (SSSR count). The van der Waals surface area contributed by atoms with Gasteiger partial charge in [0.1, 0.15) is 11.9 Å². The van der Waals surface area contributed by atoms with Crippen LogP contribution < -0.4 is 10.6 Å². The first-order chi connectivity index (χ1) is 13.3. The number of ether oxygens (including phenoxy) is 1. The van der Waals surface area contributed by atoms with Crippen LogP contribution in [0.2, 0.25) is 0 Å². The Morgan fingerprint density at radius 2 is 2.00 bits per heavy atom. The quantitative estimate of drug-likeness (QED) is 0.741. The minimum atomic E-state index is -0.384. The molecule has 3 aliphatic rings. The average molecular weight is 388 g/mol. The Morgan fingerprint density at radius 1 is 1.25 bits per heavy atom. The van der Waals surface area contributed by atoms with Gasteiger partial charge in [-0.3, -0.25) is 4.79 Å². The number of carbonyl (C=O) groups is 2. The summed E-state index contributed by atoms with van der Waals surface area (Å²) < 4.78 is 19.2. The molecule has 1 aromatic rings. The molecule has 2 amide bonds. The van der Waals surface area contributed by atoms with Crippen LogP contribution in [0.5, 0.6) is 0 Å². The summed E-state index contributed by atoms with van der Waals surface area (Å²) in [5.74, 6) is 0.228. The summed E-state index contributed by atoms with van der Waals surface area (Å²) in [7, 11) is 0. The number of halogens is 1. The number of carbonyl (C=O) groups excluding carboxylic acids is 2. The molecule has 2 saturated carbocycles. The summed E-state index contributed by atoms with van der Waals surface area (Å²) in [6.45, 7) is 6.45. The predicted molar refractivity (Wildman–Crippen MR) is 104 cm³/mol. The second-order valence-corrected chi connectivity index (χ2v) is 9.19. The van der Waals surface area contributed by atoms with E-state index in [0.717, 1.165) is 25.7 Å². The first kappa shape index (κ1) is 19.2. The zero-order valence-electron chi connectivity index (χ0n) is 16.7. The number of hydrogen-bond acceptors (Lipinski definition) is 3. The molecule has 2 N–H and O–H groups in total. The lowest BCUT2D eigenvalue weighted by atomic mass is 9.52. The lowest BCUT2D eigenvalue weighted by molar-refractivity contribution is -0.153. The minimum Gasteiger partial charge on any atom is -0.462 e. The van der Waals surface area contributed by atoms with Crippen molar-refractivity contribution in [2.24, 2.45) is 29.1 Å². The summed E-state index contributed by atoms with van der Waals surface area (Å²) in [5, 5.41) is 5.79. The molecule has 3 fully saturated rings. The summed E-state index contributed by atoms with van der Waals surface area (Å²) >= 11 is 0. The van der Waals surface area contributed by atoms with Crippen LogP contribution in [0.3, 0.4) is 0 Å². The van der Waals surface area contributed by atoms with Crippen molar-refractivity contribution in [3.8, 4) is 0 Å². The normalized spacial score (nSPS) is 39.5. The van der Waals surface area contributed by atoms with Crippen molar-refractivity contribution >= 4 is 17.7 Å². The Labute approximate surface area is 165 Å². The molecule has 2 aliphatic carbocycles. The highest BCUT2D eigenvalue weighted by molar-refractivity contribution is 5.89. The van der Waals surface area contributed by atoms with Gasteiger partial charge in [-0.2, -0.15) is 0 Å². The van der Waals surface area contributed by atoms with Crippen molar-refractivity contribution in [2.45, 2.75) is 58.6 Å². The Balaban J connectivity index is 1.47. The summed E-state index contributed by atoms with van der Waals surface area (Å²) in [6.07, 6.45) is 3.99. The lowest BCUT2D eigenvalue weighted by Crippen LogP contribution is -2.57. The zero-order valence-corrected chi connectivity index (χ0v) is 16.7. The molecule has 6 heteroatoms. The Kier molecular flexibility index (Phi) is 4.84. The highest BCUT2D eigenvalue weighted by atomic mass is 19.1. The van der Waals surface area contributed by atoms with E-state index in [1.807, 2.05) is 6.92 Å². The smallest absolute Gasteiger partial charge is 0.319 e. The molecule has 1 aliphatic heterocycles. The van der Waals surface area contributed by atoms with Gasteiger partial charge in [0.05, 0.1) is 5.92 Å². The summed E-state index contributed by atoms with van der Waals surface area (Å²) in [4.78, 5) is 24.7. The van der Waals surface area contributed by atoms with Crippen molar-refractivity contribution in [3.05, 3.63) is 30.1 Å². The van der Waals surface area contributed by atoms with Gasteiger partial charge in [-0.1, -0.05) is 26.8 Å². The van der Waals surface area contributed by atoms with Gasteiger partial charge in [0, 0.05) is 23.6 Å². The van der Waals surface area contributed by atoms with E-state index in [0.29, 0.717) is 5.69 Å². The van der Waals surface area contributed by atoms with Gasteiger partial charge < -0.3 is 15.4 Å². The first-order valence-electron chi connectivity index (χ1n) is 10.3. The van der Waals surface area contributed by atoms with Crippen molar-refractivity contribution in [1.29, 1.82) is 0 Å². The van der Waals surface area contributed by atoms with Gasteiger partial charge in [-0.25, -0.2) is 9.18 Å². The molecule has 5 nitrogen and oxygen atoms in total. The van der Waals surface area contributed by atoms with Gasteiger partial charge in [0.25, 0.3) is 0 Å². The van der Waals surface area contributed by atoms with E-state index >= 15 is 0 Å². The fourth-order valence-electron chi connectivity index (χ4n) is 5.93. The van der Waals surface area contributed by atoms with Gasteiger partial charge >= 0.3 is 12.0 Å². The van der Waals surface area contributed by atoms with E-state index in [-0.39, 0.29) is 59.1 Å². The predicted octanol–water partition coefficient (Wildman–Crippen LogP) is 4.34. The van der Waals surface area contributed by atoms with Crippen LogP contribution in [0, 0.1) is 34.9 Å².